The van der Waals surface area contributed by atoms with Gasteiger partial charge in [-0.2, -0.15) is 0 Å². The van der Waals surface area contributed by atoms with Gasteiger partial charge in [-0.15, -0.1) is 0 Å². The lowest BCUT2D eigenvalue weighted by Gasteiger charge is -2.27. The van der Waals surface area contributed by atoms with Gasteiger partial charge in [0.1, 0.15) is 35.9 Å². The SMILES string of the molecule is COc1cc(OC)cc(N(C)C(=O)COc2ccccc2N(CC(=O)N(C)c2ccccc2)C(=O)CNC(=O)OC(C)(C)C)c1. The molecule has 0 aliphatic heterocycles. The van der Waals surface area contributed by atoms with Crippen molar-refractivity contribution in [3.05, 3.63) is 72.8 Å². The summed E-state index contributed by atoms with van der Waals surface area (Å²) in [6.07, 6.45) is -0.782. The molecule has 0 aliphatic rings. The Morgan fingerprint density at radius 3 is 1.91 bits per heavy atom. The van der Waals surface area contributed by atoms with Crippen molar-refractivity contribution in [1.82, 2.24) is 5.32 Å². The minimum absolute atomic E-state index is 0.184. The highest BCUT2D eigenvalue weighted by molar-refractivity contribution is 6.05. The number of benzene rings is 3. The number of hydrogen-bond donors (Lipinski definition) is 1. The molecule has 12 heteroatoms. The number of carbonyl (C=O) groups is 4. The van der Waals surface area contributed by atoms with Gasteiger partial charge in [-0.05, 0) is 45.0 Å². The summed E-state index contributed by atoms with van der Waals surface area (Å²) in [6.45, 7) is 3.90. The monoisotopic (exact) mass is 620 g/mol. The Hall–Kier alpha value is -5.26. The molecule has 1 N–H and O–H groups in total. The maximum absolute atomic E-state index is 13.5. The van der Waals surface area contributed by atoms with E-state index in [0.717, 1.165) is 0 Å². The fourth-order valence-electron chi connectivity index (χ4n) is 4.07. The number of methoxy groups -OCH3 is 2. The zero-order valence-electron chi connectivity index (χ0n) is 26.7. The molecule has 3 aromatic rings. The number of nitrogens with zero attached hydrogens (tertiary/aromatic N) is 3. The molecular weight excluding hydrogens is 580 g/mol. The van der Waals surface area contributed by atoms with Crippen molar-refractivity contribution in [2.45, 2.75) is 26.4 Å². The molecule has 45 heavy (non-hydrogen) atoms. The van der Waals surface area contributed by atoms with Crippen molar-refractivity contribution in [2.75, 3.05) is 62.7 Å². The van der Waals surface area contributed by atoms with Crippen molar-refractivity contribution in [1.29, 1.82) is 0 Å². The van der Waals surface area contributed by atoms with Gasteiger partial charge in [0.2, 0.25) is 11.8 Å². The molecule has 12 nitrogen and oxygen atoms in total. The Morgan fingerprint density at radius 2 is 1.31 bits per heavy atom. The van der Waals surface area contributed by atoms with E-state index in [1.165, 1.54) is 28.9 Å². The van der Waals surface area contributed by atoms with Crippen LogP contribution in [0.5, 0.6) is 17.2 Å². The van der Waals surface area contributed by atoms with E-state index in [1.807, 2.05) is 6.07 Å². The molecule has 4 amide bonds. The fraction of sp³-hybridized carbons (Fsp3) is 0.333. The number of alkyl carbamates (subject to hydrolysis) is 1. The molecule has 0 atom stereocenters. The summed E-state index contributed by atoms with van der Waals surface area (Å²) in [4.78, 5) is 56.4. The highest BCUT2D eigenvalue weighted by atomic mass is 16.6. The molecule has 0 saturated carbocycles. The van der Waals surface area contributed by atoms with Gasteiger partial charge in [0.25, 0.3) is 5.91 Å². The van der Waals surface area contributed by atoms with Gasteiger partial charge < -0.3 is 34.1 Å². The number of hydrogen-bond acceptors (Lipinski definition) is 8. The summed E-state index contributed by atoms with van der Waals surface area (Å²) in [6, 6.07) is 20.5. The van der Waals surface area contributed by atoms with Gasteiger partial charge in [0.15, 0.2) is 6.61 Å². The summed E-state index contributed by atoms with van der Waals surface area (Å²) in [7, 11) is 6.21. The van der Waals surface area contributed by atoms with E-state index in [1.54, 1.807) is 102 Å². The molecule has 0 aromatic heterocycles. The molecular formula is C33H40N4O8. The molecule has 3 rings (SSSR count). The van der Waals surface area contributed by atoms with E-state index >= 15 is 0 Å². The lowest BCUT2D eigenvalue weighted by molar-refractivity contribution is -0.122. The van der Waals surface area contributed by atoms with Crippen LogP contribution in [0.4, 0.5) is 21.9 Å². The second-order valence-electron chi connectivity index (χ2n) is 10.9. The third kappa shape index (κ3) is 9.88. The molecule has 240 valence electrons. The fourth-order valence-corrected chi connectivity index (χ4v) is 4.07. The molecule has 0 saturated heterocycles. The van der Waals surface area contributed by atoms with Crippen LogP contribution in [0, 0.1) is 0 Å². The van der Waals surface area contributed by atoms with Gasteiger partial charge >= 0.3 is 6.09 Å². The smallest absolute Gasteiger partial charge is 0.408 e. The first-order chi connectivity index (χ1) is 21.3. The minimum Gasteiger partial charge on any atom is -0.497 e. The third-order valence-corrected chi connectivity index (χ3v) is 6.50. The lowest BCUT2D eigenvalue weighted by atomic mass is 10.2. The average Bonchev–Trinajstić information content (AvgIpc) is 3.03. The molecule has 0 aliphatic carbocycles. The van der Waals surface area contributed by atoms with Gasteiger partial charge in [-0.1, -0.05) is 30.3 Å². The Morgan fingerprint density at radius 1 is 0.733 bits per heavy atom. The number of carbonyl (C=O) groups excluding carboxylic acids is 4. The number of amides is 4. The van der Waals surface area contributed by atoms with E-state index in [2.05, 4.69) is 5.32 Å². The second-order valence-corrected chi connectivity index (χ2v) is 10.9. The van der Waals surface area contributed by atoms with E-state index < -0.39 is 36.0 Å². The van der Waals surface area contributed by atoms with Gasteiger partial charge in [-0.3, -0.25) is 19.3 Å². The van der Waals surface area contributed by atoms with Crippen LogP contribution in [0.15, 0.2) is 72.8 Å². The molecule has 0 fully saturated rings. The number of likely N-dealkylation sites (N-methyl/N-ethyl adjacent to an activating group) is 2. The Balaban J connectivity index is 1.84. The summed E-state index contributed by atoms with van der Waals surface area (Å²) in [5.41, 5.74) is 0.626. The van der Waals surface area contributed by atoms with Crippen LogP contribution in [0.2, 0.25) is 0 Å². The first-order valence-electron chi connectivity index (χ1n) is 14.1. The van der Waals surface area contributed by atoms with Crippen molar-refractivity contribution >= 4 is 40.9 Å². The first kappa shape index (κ1) is 34.2. The number of nitrogens with one attached hydrogen (secondary N) is 1. The van der Waals surface area contributed by atoms with Crippen molar-refractivity contribution in [3.8, 4) is 17.2 Å². The number of rotatable bonds is 12. The molecule has 0 heterocycles. The van der Waals surface area contributed by atoms with Crippen LogP contribution in [0.3, 0.4) is 0 Å². The van der Waals surface area contributed by atoms with Crippen molar-refractivity contribution in [2.24, 2.45) is 0 Å². The average molecular weight is 621 g/mol. The maximum Gasteiger partial charge on any atom is 0.408 e. The molecule has 0 unspecified atom stereocenters. The number of anilines is 3. The molecule has 0 radical (unpaired) electrons. The van der Waals surface area contributed by atoms with Crippen LogP contribution in [0.25, 0.3) is 0 Å². The van der Waals surface area contributed by atoms with Crippen molar-refractivity contribution in [3.63, 3.8) is 0 Å². The Labute approximate surface area is 263 Å². The first-order valence-corrected chi connectivity index (χ1v) is 14.1. The zero-order valence-corrected chi connectivity index (χ0v) is 26.7. The normalized spacial score (nSPS) is 10.7. The zero-order chi connectivity index (χ0) is 33.1. The highest BCUT2D eigenvalue weighted by Crippen LogP contribution is 2.30. The molecule has 0 bridgehead atoms. The van der Waals surface area contributed by atoms with Crippen LogP contribution in [-0.2, 0) is 19.1 Å². The minimum atomic E-state index is -0.782. The molecule has 3 aromatic carbocycles. The largest absolute Gasteiger partial charge is 0.497 e. The summed E-state index contributed by atoms with van der Waals surface area (Å²) in [5.74, 6) is -0.195. The van der Waals surface area contributed by atoms with Crippen LogP contribution in [-0.4, -0.2) is 77.4 Å². The Bertz CT molecular complexity index is 1470. The number of ether oxygens (including phenoxy) is 4. The van der Waals surface area contributed by atoms with E-state index in [9.17, 15) is 19.2 Å². The quantitative estimate of drug-likeness (QED) is 0.318. The van der Waals surface area contributed by atoms with Gasteiger partial charge in [0.05, 0.1) is 25.6 Å². The van der Waals surface area contributed by atoms with Crippen LogP contribution < -0.4 is 34.2 Å². The molecule has 0 spiro atoms. The van der Waals surface area contributed by atoms with E-state index in [0.29, 0.717) is 22.9 Å². The summed E-state index contributed by atoms with van der Waals surface area (Å²) < 4.78 is 21.8. The topological polar surface area (TPSA) is 127 Å². The lowest BCUT2D eigenvalue weighted by Crippen LogP contribution is -2.46. The van der Waals surface area contributed by atoms with E-state index in [4.69, 9.17) is 18.9 Å². The summed E-state index contributed by atoms with van der Waals surface area (Å²) >= 11 is 0. The van der Waals surface area contributed by atoms with E-state index in [-0.39, 0.29) is 24.6 Å². The van der Waals surface area contributed by atoms with Gasteiger partial charge in [-0.25, -0.2) is 4.79 Å². The maximum atomic E-state index is 13.5. The predicted octanol–water partition coefficient (Wildman–Crippen LogP) is 4.27. The van der Waals surface area contributed by atoms with Crippen LogP contribution in [0.1, 0.15) is 20.8 Å². The predicted molar refractivity (Wildman–Crippen MR) is 171 cm³/mol. The highest BCUT2D eigenvalue weighted by Gasteiger charge is 2.26. The Kier molecular flexibility index (Phi) is 11.8. The third-order valence-electron chi connectivity index (χ3n) is 6.50. The summed E-state index contributed by atoms with van der Waals surface area (Å²) in [5, 5.41) is 2.45. The second kappa shape index (κ2) is 15.5. The van der Waals surface area contributed by atoms with Gasteiger partial charge in [0, 0.05) is 38.0 Å². The van der Waals surface area contributed by atoms with Crippen molar-refractivity contribution < 1.29 is 38.1 Å². The standard InChI is InChI=1S/C33H40N4O8/c1-33(2,3)45-32(41)34-20-29(38)37(21-30(39)35(4)23-13-9-8-10-14-23)27-15-11-12-16-28(27)44-22-31(40)36(5)24-17-25(42-6)19-26(18-24)43-7/h8-19H,20-22H2,1-7H3,(H,34,41). The van der Waals surface area contributed by atoms with Crippen LogP contribution >= 0.6 is 0 Å². The number of para-hydroxylation sites is 3.